The fraction of sp³-hybridized carbons (Fsp3) is 0.462. The summed E-state index contributed by atoms with van der Waals surface area (Å²) >= 11 is 0. The smallest absolute Gasteiger partial charge is 0.433 e. The highest BCUT2D eigenvalue weighted by molar-refractivity contribution is 6.03. The van der Waals surface area contributed by atoms with Gasteiger partial charge in [-0.2, -0.15) is 18.3 Å². The molecule has 6 heterocycles. The molecule has 14 nitrogen and oxygen atoms in total. The molecule has 1 atom stereocenters. The average Bonchev–Trinajstić information content (AvgIpc) is 3.72. The van der Waals surface area contributed by atoms with Crippen molar-refractivity contribution in [1.29, 1.82) is 0 Å². The lowest BCUT2D eigenvalue weighted by molar-refractivity contribution is -0.141. The summed E-state index contributed by atoms with van der Waals surface area (Å²) < 4.78 is 50.2. The number of nitrogens with zero attached hydrogens (tertiary/aromatic N) is 7. The predicted octanol–water partition coefficient (Wildman–Crippen LogP) is 5.35. The van der Waals surface area contributed by atoms with E-state index in [-0.39, 0.29) is 47.9 Å². The number of imidazole rings is 1. The Morgan fingerprint density at radius 3 is 2.50 bits per heavy atom. The highest BCUT2D eigenvalue weighted by atomic mass is 19.4. The van der Waals surface area contributed by atoms with Crippen LogP contribution in [0.5, 0.6) is 5.75 Å². The number of amides is 3. The monoisotopic (exact) mass is 773 g/mol. The van der Waals surface area contributed by atoms with Crippen molar-refractivity contribution in [3.8, 4) is 5.75 Å². The molecule has 4 aromatic heterocycles. The molecule has 2 aliphatic heterocycles. The van der Waals surface area contributed by atoms with Gasteiger partial charge in [-0.1, -0.05) is 6.07 Å². The number of hydrogen-bond donors (Lipinski definition) is 2. The van der Waals surface area contributed by atoms with Crippen LogP contribution in [-0.4, -0.2) is 78.2 Å². The molecular formula is C39H42F3N9O5. The number of carbonyl (C=O) groups excluding carboxylic acids is 3. The molecule has 0 spiro atoms. The molecule has 2 saturated heterocycles. The molecule has 0 radical (unpaired) electrons. The second kappa shape index (κ2) is 14.8. The molecular weight excluding hydrogens is 731 g/mol. The Morgan fingerprint density at radius 2 is 1.79 bits per heavy atom. The Balaban J connectivity index is 0.878. The molecule has 294 valence electrons. The van der Waals surface area contributed by atoms with Gasteiger partial charge in [0.15, 0.2) is 0 Å². The number of hydrogen-bond acceptors (Lipinski definition) is 9. The van der Waals surface area contributed by atoms with Crippen LogP contribution in [-0.2, 0) is 22.8 Å². The topological polar surface area (TPSA) is 158 Å². The first-order valence-electron chi connectivity index (χ1n) is 18.9. The second-order valence-corrected chi connectivity index (χ2v) is 15.1. The van der Waals surface area contributed by atoms with Crippen molar-refractivity contribution in [2.45, 2.75) is 75.5 Å². The number of piperidine rings is 2. The van der Waals surface area contributed by atoms with Gasteiger partial charge in [-0.25, -0.2) is 14.8 Å². The fourth-order valence-electron chi connectivity index (χ4n) is 8.75. The van der Waals surface area contributed by atoms with E-state index in [1.165, 1.54) is 10.6 Å². The molecule has 0 bridgehead atoms. The van der Waals surface area contributed by atoms with Gasteiger partial charge >= 0.3 is 11.9 Å². The van der Waals surface area contributed by atoms with E-state index in [1.807, 2.05) is 23.0 Å². The maximum atomic E-state index is 13.6. The highest BCUT2D eigenvalue weighted by Crippen LogP contribution is 2.41. The summed E-state index contributed by atoms with van der Waals surface area (Å²) in [6, 6.07) is 8.00. The summed E-state index contributed by atoms with van der Waals surface area (Å²) in [5, 5.41) is 10.4. The van der Waals surface area contributed by atoms with E-state index >= 15 is 0 Å². The molecule has 3 amide bonds. The highest BCUT2D eigenvalue weighted by Gasteiger charge is 2.35. The quantitative estimate of drug-likeness (QED) is 0.199. The molecule has 3 aliphatic rings. The van der Waals surface area contributed by atoms with Gasteiger partial charge in [0.1, 0.15) is 34.5 Å². The minimum atomic E-state index is -4.66. The number of aryl methyl sites for hydroxylation is 1. The van der Waals surface area contributed by atoms with Crippen molar-refractivity contribution in [1.82, 2.24) is 39.1 Å². The number of rotatable bonds is 8. The Hall–Kier alpha value is -5.58. The molecule has 3 fully saturated rings. The molecule has 5 aromatic rings. The molecule has 2 N–H and O–H groups in total. The standard InChI is InChI=1S/C39H42F3N9O5/c1-48-35-28(51(38(48)55)29-11-13-33(52)46-37(29)54)10-12-30(56-2)34(35)23-14-16-49(17-15-23)20-22-6-8-25(9-7-22)50-21-24-18-32(43-19-27(24)47-50)45-36(53)26-4-3-5-31(44-26)39(40,41)42/h3-5,10,12,18-19,21-23,25,29H,6-9,11,13-17,20H2,1-2H3,(H,45,53)(H,46,52,54)/t22?,25?,29-/m1/s1. The van der Waals surface area contributed by atoms with Gasteiger partial charge in [0.2, 0.25) is 11.8 Å². The summed E-state index contributed by atoms with van der Waals surface area (Å²) in [7, 11) is 3.36. The first kappa shape index (κ1) is 37.3. The van der Waals surface area contributed by atoms with E-state index < -0.39 is 29.7 Å². The summed E-state index contributed by atoms with van der Waals surface area (Å²) in [5.41, 5.74) is 1.29. The number of aromatic nitrogens is 6. The van der Waals surface area contributed by atoms with Crippen LogP contribution in [0.15, 0.2) is 53.6 Å². The van der Waals surface area contributed by atoms with Crippen LogP contribution >= 0.6 is 0 Å². The Kier molecular flexibility index (Phi) is 9.88. The van der Waals surface area contributed by atoms with E-state index in [1.54, 1.807) is 31.0 Å². The summed E-state index contributed by atoms with van der Waals surface area (Å²) in [5.74, 6) is 0.0546. The van der Waals surface area contributed by atoms with E-state index in [9.17, 15) is 32.3 Å². The number of methoxy groups -OCH3 is 1. The van der Waals surface area contributed by atoms with E-state index in [0.717, 1.165) is 92.5 Å². The minimum Gasteiger partial charge on any atom is -0.496 e. The van der Waals surface area contributed by atoms with Gasteiger partial charge in [-0.05, 0) is 100 Å². The number of likely N-dealkylation sites (tertiary alicyclic amines) is 1. The number of anilines is 1. The van der Waals surface area contributed by atoms with Crippen molar-refractivity contribution in [3.05, 3.63) is 76.2 Å². The Bertz CT molecular complexity index is 2390. The molecule has 17 heteroatoms. The van der Waals surface area contributed by atoms with Crippen LogP contribution < -0.4 is 21.1 Å². The number of pyridine rings is 2. The Morgan fingerprint density at radius 1 is 1.02 bits per heavy atom. The van der Waals surface area contributed by atoms with Crippen molar-refractivity contribution in [2.24, 2.45) is 13.0 Å². The molecule has 0 unspecified atom stereocenters. The van der Waals surface area contributed by atoms with Crippen molar-refractivity contribution in [2.75, 3.05) is 32.1 Å². The van der Waals surface area contributed by atoms with Crippen LogP contribution in [0.1, 0.15) is 91.1 Å². The number of imide groups is 1. The SMILES string of the molecule is COc1ccc2c(c1C1CCN(CC3CCC(n4cc5cc(NC(=O)c6cccc(C(F)(F)F)n6)ncc5n4)CC3)CC1)n(C)c(=O)n2[C@@H]1CCC(=O)NC1=O. The lowest BCUT2D eigenvalue weighted by Gasteiger charge is -2.37. The zero-order valence-electron chi connectivity index (χ0n) is 31.0. The van der Waals surface area contributed by atoms with Crippen LogP contribution in [0.3, 0.4) is 0 Å². The largest absolute Gasteiger partial charge is 0.496 e. The van der Waals surface area contributed by atoms with Crippen molar-refractivity contribution >= 4 is 45.5 Å². The van der Waals surface area contributed by atoms with Crippen LogP contribution in [0.4, 0.5) is 19.0 Å². The molecule has 8 rings (SSSR count). The van der Waals surface area contributed by atoms with Gasteiger partial charge in [0.05, 0.1) is 30.4 Å². The molecule has 1 saturated carbocycles. The summed E-state index contributed by atoms with van der Waals surface area (Å²) in [6.07, 6.45) is 5.09. The molecule has 1 aliphatic carbocycles. The maximum Gasteiger partial charge on any atom is 0.433 e. The first-order chi connectivity index (χ1) is 26.9. The number of fused-ring (bicyclic) bond motifs is 2. The molecule has 56 heavy (non-hydrogen) atoms. The number of halogens is 3. The van der Waals surface area contributed by atoms with Gasteiger partial charge in [-0.15, -0.1) is 0 Å². The van der Waals surface area contributed by atoms with Crippen molar-refractivity contribution < 1.29 is 32.3 Å². The average molecular weight is 774 g/mol. The van der Waals surface area contributed by atoms with Crippen LogP contribution in [0.2, 0.25) is 0 Å². The third-order valence-electron chi connectivity index (χ3n) is 11.6. The number of nitrogens with one attached hydrogen (secondary N) is 2. The van der Waals surface area contributed by atoms with Crippen molar-refractivity contribution in [3.63, 3.8) is 0 Å². The fourth-order valence-corrected chi connectivity index (χ4v) is 8.75. The third-order valence-corrected chi connectivity index (χ3v) is 11.6. The number of alkyl halides is 3. The zero-order valence-corrected chi connectivity index (χ0v) is 31.0. The predicted molar refractivity (Wildman–Crippen MR) is 199 cm³/mol. The van der Waals surface area contributed by atoms with E-state index in [4.69, 9.17) is 9.84 Å². The maximum absolute atomic E-state index is 13.6. The summed E-state index contributed by atoms with van der Waals surface area (Å²) in [4.78, 5) is 61.0. The Labute approximate surface area is 319 Å². The lowest BCUT2D eigenvalue weighted by atomic mass is 9.84. The second-order valence-electron chi connectivity index (χ2n) is 15.1. The normalized spacial score (nSPS) is 21.4. The molecule has 1 aromatic carbocycles. The number of benzene rings is 1. The zero-order chi connectivity index (χ0) is 39.3. The minimum absolute atomic E-state index is 0.165. The number of carbonyl (C=O) groups is 3. The van der Waals surface area contributed by atoms with Gasteiger partial charge in [0.25, 0.3) is 5.91 Å². The van der Waals surface area contributed by atoms with Crippen LogP contribution in [0, 0.1) is 5.92 Å². The summed E-state index contributed by atoms with van der Waals surface area (Å²) in [6.45, 7) is 2.82. The van der Waals surface area contributed by atoms with Crippen LogP contribution in [0.25, 0.3) is 21.9 Å². The van der Waals surface area contributed by atoms with Gasteiger partial charge in [-0.3, -0.25) is 33.5 Å². The van der Waals surface area contributed by atoms with Gasteiger partial charge < -0.3 is 15.0 Å². The van der Waals surface area contributed by atoms with Gasteiger partial charge in [0, 0.05) is 37.2 Å². The lowest BCUT2D eigenvalue weighted by Crippen LogP contribution is -2.44. The first-order valence-corrected chi connectivity index (χ1v) is 18.9. The third kappa shape index (κ3) is 7.15. The number of ether oxygens (including phenoxy) is 1. The van der Waals surface area contributed by atoms with E-state index in [2.05, 4.69) is 25.5 Å². The van der Waals surface area contributed by atoms with E-state index in [0.29, 0.717) is 17.0 Å².